The maximum Gasteiger partial charge on any atom is 0.242 e. The standard InChI is InChI=1S/C18H27N3O3/c1-16(22)21(12-13-24-2)15-18(23)20-10-8-19(9-11-20)14-17-6-4-3-5-7-17/h3-7H,8-15H2,1-2H3. The largest absolute Gasteiger partial charge is 0.383 e. The third-order valence-electron chi connectivity index (χ3n) is 4.31. The number of rotatable bonds is 7. The van der Waals surface area contributed by atoms with Gasteiger partial charge in [-0.25, -0.2) is 0 Å². The molecule has 1 aromatic rings. The smallest absolute Gasteiger partial charge is 0.242 e. The van der Waals surface area contributed by atoms with Gasteiger partial charge in [-0.2, -0.15) is 0 Å². The second-order valence-electron chi connectivity index (χ2n) is 6.08. The van der Waals surface area contributed by atoms with E-state index in [1.165, 1.54) is 12.5 Å². The zero-order valence-electron chi connectivity index (χ0n) is 14.6. The fourth-order valence-corrected chi connectivity index (χ4v) is 2.81. The second-order valence-corrected chi connectivity index (χ2v) is 6.08. The lowest BCUT2D eigenvalue weighted by molar-refractivity contribution is -0.141. The number of ether oxygens (including phenoxy) is 1. The van der Waals surface area contributed by atoms with Crippen LogP contribution in [0, 0.1) is 0 Å². The summed E-state index contributed by atoms with van der Waals surface area (Å²) in [6, 6.07) is 10.4. The van der Waals surface area contributed by atoms with E-state index in [4.69, 9.17) is 4.74 Å². The Kier molecular flexibility index (Phi) is 7.21. The summed E-state index contributed by atoms with van der Waals surface area (Å²) >= 11 is 0. The van der Waals surface area contributed by atoms with Gasteiger partial charge >= 0.3 is 0 Å². The minimum Gasteiger partial charge on any atom is -0.383 e. The molecule has 6 nitrogen and oxygen atoms in total. The molecular formula is C18H27N3O3. The van der Waals surface area contributed by atoms with Crippen molar-refractivity contribution in [3.05, 3.63) is 35.9 Å². The first-order valence-corrected chi connectivity index (χ1v) is 8.38. The summed E-state index contributed by atoms with van der Waals surface area (Å²) < 4.78 is 4.99. The fraction of sp³-hybridized carbons (Fsp3) is 0.556. The number of amides is 2. The van der Waals surface area contributed by atoms with Crippen molar-refractivity contribution >= 4 is 11.8 Å². The van der Waals surface area contributed by atoms with Crippen LogP contribution in [0.1, 0.15) is 12.5 Å². The van der Waals surface area contributed by atoms with Crippen LogP contribution >= 0.6 is 0 Å². The van der Waals surface area contributed by atoms with E-state index in [0.29, 0.717) is 26.2 Å². The van der Waals surface area contributed by atoms with Crippen LogP contribution in [-0.2, 0) is 20.9 Å². The summed E-state index contributed by atoms with van der Waals surface area (Å²) in [6.07, 6.45) is 0. The maximum absolute atomic E-state index is 12.4. The molecular weight excluding hydrogens is 306 g/mol. The number of benzene rings is 1. The molecule has 6 heteroatoms. The Morgan fingerprint density at radius 1 is 1.12 bits per heavy atom. The van der Waals surface area contributed by atoms with Crippen molar-refractivity contribution in [3.8, 4) is 0 Å². The summed E-state index contributed by atoms with van der Waals surface area (Å²) in [6.45, 7) is 6.57. The van der Waals surface area contributed by atoms with Gasteiger partial charge in [-0.05, 0) is 5.56 Å². The number of nitrogens with zero attached hydrogens (tertiary/aromatic N) is 3. The van der Waals surface area contributed by atoms with E-state index in [-0.39, 0.29) is 18.4 Å². The molecule has 0 atom stereocenters. The molecule has 1 aromatic carbocycles. The highest BCUT2D eigenvalue weighted by Gasteiger charge is 2.23. The summed E-state index contributed by atoms with van der Waals surface area (Å²) in [5.74, 6) is -0.0798. The minimum atomic E-state index is -0.0943. The molecule has 0 bridgehead atoms. The Bertz CT molecular complexity index is 528. The molecule has 0 radical (unpaired) electrons. The molecule has 1 heterocycles. The molecule has 2 rings (SSSR count). The Balaban J connectivity index is 1.78. The molecule has 0 saturated carbocycles. The SMILES string of the molecule is COCCN(CC(=O)N1CCN(Cc2ccccc2)CC1)C(C)=O. The van der Waals surface area contributed by atoms with Gasteiger partial charge < -0.3 is 14.5 Å². The normalized spacial score (nSPS) is 15.3. The van der Waals surface area contributed by atoms with Crippen molar-refractivity contribution in [2.24, 2.45) is 0 Å². The van der Waals surface area contributed by atoms with Crippen molar-refractivity contribution in [3.63, 3.8) is 0 Å². The number of hydrogen-bond donors (Lipinski definition) is 0. The zero-order chi connectivity index (χ0) is 17.4. The van der Waals surface area contributed by atoms with Gasteiger partial charge in [0, 0.05) is 53.3 Å². The Labute approximate surface area is 144 Å². The summed E-state index contributed by atoms with van der Waals surface area (Å²) in [5.41, 5.74) is 1.29. The van der Waals surface area contributed by atoms with Crippen molar-refractivity contribution in [2.45, 2.75) is 13.5 Å². The lowest BCUT2D eigenvalue weighted by Gasteiger charge is -2.35. The lowest BCUT2D eigenvalue weighted by Crippen LogP contribution is -2.51. The maximum atomic E-state index is 12.4. The van der Waals surface area contributed by atoms with Gasteiger partial charge in [0.15, 0.2) is 0 Å². The van der Waals surface area contributed by atoms with Crippen LogP contribution in [0.3, 0.4) is 0 Å². The number of hydrogen-bond acceptors (Lipinski definition) is 4. The van der Waals surface area contributed by atoms with Crippen molar-refractivity contribution in [1.29, 1.82) is 0 Å². The zero-order valence-corrected chi connectivity index (χ0v) is 14.6. The highest BCUT2D eigenvalue weighted by atomic mass is 16.5. The third kappa shape index (κ3) is 5.62. The molecule has 1 saturated heterocycles. The van der Waals surface area contributed by atoms with Gasteiger partial charge in [-0.1, -0.05) is 30.3 Å². The molecule has 24 heavy (non-hydrogen) atoms. The van der Waals surface area contributed by atoms with E-state index in [0.717, 1.165) is 19.6 Å². The summed E-state index contributed by atoms with van der Waals surface area (Å²) in [5, 5.41) is 0. The van der Waals surface area contributed by atoms with Gasteiger partial charge in [-0.15, -0.1) is 0 Å². The molecule has 0 spiro atoms. The topological polar surface area (TPSA) is 53.1 Å². The monoisotopic (exact) mass is 333 g/mol. The van der Waals surface area contributed by atoms with E-state index in [1.807, 2.05) is 23.1 Å². The Hall–Kier alpha value is -1.92. The van der Waals surface area contributed by atoms with Crippen molar-refractivity contribution < 1.29 is 14.3 Å². The lowest BCUT2D eigenvalue weighted by atomic mass is 10.2. The third-order valence-corrected chi connectivity index (χ3v) is 4.31. The van der Waals surface area contributed by atoms with Crippen molar-refractivity contribution in [2.75, 3.05) is 53.0 Å². The highest BCUT2D eigenvalue weighted by Crippen LogP contribution is 2.09. The van der Waals surface area contributed by atoms with Gasteiger partial charge in [0.05, 0.1) is 13.2 Å². The molecule has 0 N–H and O–H groups in total. The van der Waals surface area contributed by atoms with Gasteiger partial charge in [0.2, 0.25) is 11.8 Å². The van der Waals surface area contributed by atoms with E-state index in [1.54, 1.807) is 12.0 Å². The summed E-state index contributed by atoms with van der Waals surface area (Å²) in [4.78, 5) is 29.8. The van der Waals surface area contributed by atoms with E-state index >= 15 is 0 Å². The first kappa shape index (κ1) is 18.4. The van der Waals surface area contributed by atoms with Crippen LogP contribution in [0.2, 0.25) is 0 Å². The molecule has 132 valence electrons. The quantitative estimate of drug-likeness (QED) is 0.742. The number of methoxy groups -OCH3 is 1. The van der Waals surface area contributed by atoms with Crippen LogP contribution in [0.25, 0.3) is 0 Å². The number of piperazine rings is 1. The minimum absolute atomic E-state index is 0.0145. The molecule has 2 amide bonds. The second kappa shape index (κ2) is 9.39. The first-order valence-electron chi connectivity index (χ1n) is 8.38. The van der Waals surface area contributed by atoms with E-state index in [9.17, 15) is 9.59 Å². The number of carbonyl (C=O) groups excluding carboxylic acids is 2. The predicted octanol–water partition coefficient (Wildman–Crippen LogP) is 0.826. The van der Waals surface area contributed by atoms with Crippen LogP contribution < -0.4 is 0 Å². The number of carbonyl (C=O) groups is 2. The van der Waals surface area contributed by atoms with Gasteiger partial charge in [0.25, 0.3) is 0 Å². The molecule has 1 aliphatic rings. The van der Waals surface area contributed by atoms with Crippen molar-refractivity contribution in [1.82, 2.24) is 14.7 Å². The molecule has 0 aliphatic carbocycles. The average Bonchev–Trinajstić information content (AvgIpc) is 2.59. The molecule has 0 unspecified atom stereocenters. The average molecular weight is 333 g/mol. The van der Waals surface area contributed by atoms with Crippen LogP contribution in [0.4, 0.5) is 0 Å². The van der Waals surface area contributed by atoms with Gasteiger partial charge in [-0.3, -0.25) is 14.5 Å². The van der Waals surface area contributed by atoms with Crippen LogP contribution in [-0.4, -0.2) is 79.5 Å². The Morgan fingerprint density at radius 3 is 2.38 bits per heavy atom. The van der Waals surface area contributed by atoms with E-state index in [2.05, 4.69) is 17.0 Å². The Morgan fingerprint density at radius 2 is 1.79 bits per heavy atom. The molecule has 0 aromatic heterocycles. The first-order chi connectivity index (χ1) is 11.6. The van der Waals surface area contributed by atoms with Crippen LogP contribution in [0.15, 0.2) is 30.3 Å². The van der Waals surface area contributed by atoms with E-state index < -0.39 is 0 Å². The molecule has 1 aliphatic heterocycles. The summed E-state index contributed by atoms with van der Waals surface area (Å²) in [7, 11) is 1.59. The molecule has 1 fully saturated rings. The fourth-order valence-electron chi connectivity index (χ4n) is 2.81. The van der Waals surface area contributed by atoms with Crippen LogP contribution in [0.5, 0.6) is 0 Å². The van der Waals surface area contributed by atoms with Gasteiger partial charge in [0.1, 0.15) is 0 Å². The predicted molar refractivity (Wildman–Crippen MR) is 92.4 cm³/mol. The highest BCUT2D eigenvalue weighted by molar-refractivity contribution is 5.83.